The molecule has 0 aliphatic carbocycles. The van der Waals surface area contributed by atoms with Crippen LogP contribution in [0.4, 0.5) is 5.69 Å². The highest BCUT2D eigenvalue weighted by Crippen LogP contribution is 2.35. The number of fused-ring (bicyclic) bond motifs is 1. The summed E-state index contributed by atoms with van der Waals surface area (Å²) in [7, 11) is -3.17. The summed E-state index contributed by atoms with van der Waals surface area (Å²) in [6.07, 6.45) is 1.28. The molecule has 0 saturated heterocycles. The van der Waals surface area contributed by atoms with Gasteiger partial charge in [-0.3, -0.25) is 0 Å². The summed E-state index contributed by atoms with van der Waals surface area (Å²) in [5.74, 6) is 0.716. The van der Waals surface area contributed by atoms with E-state index in [0.29, 0.717) is 17.2 Å². The third kappa shape index (κ3) is 2.61. The third-order valence-corrected chi connectivity index (χ3v) is 4.20. The van der Waals surface area contributed by atoms with Gasteiger partial charge in [-0.2, -0.15) is 0 Å². The van der Waals surface area contributed by atoms with Crippen LogP contribution in [0.1, 0.15) is 20.8 Å². The predicted molar refractivity (Wildman–Crippen MR) is 71.9 cm³/mol. The van der Waals surface area contributed by atoms with Crippen molar-refractivity contribution in [2.24, 2.45) is 5.41 Å². The van der Waals surface area contributed by atoms with Gasteiger partial charge in [-0.05, 0) is 18.2 Å². The molecule has 2 rings (SSSR count). The first-order chi connectivity index (χ1) is 8.18. The van der Waals surface area contributed by atoms with Gasteiger partial charge in [-0.15, -0.1) is 0 Å². The molecule has 0 spiro atoms. The average Bonchev–Trinajstić information content (AvgIpc) is 2.25. The van der Waals surface area contributed by atoms with Crippen molar-refractivity contribution in [2.45, 2.75) is 31.8 Å². The smallest absolute Gasteiger partial charge is 0.175 e. The molecule has 4 nitrogen and oxygen atoms in total. The Kier molecular flexibility index (Phi) is 3.05. The molecule has 1 aliphatic heterocycles. The molecule has 1 unspecified atom stereocenters. The third-order valence-electron chi connectivity index (χ3n) is 3.09. The Labute approximate surface area is 108 Å². The van der Waals surface area contributed by atoms with Crippen molar-refractivity contribution in [1.29, 1.82) is 0 Å². The fourth-order valence-electron chi connectivity index (χ4n) is 1.86. The van der Waals surface area contributed by atoms with Crippen LogP contribution in [0.3, 0.4) is 0 Å². The second-order valence-corrected chi connectivity index (χ2v) is 7.80. The van der Waals surface area contributed by atoms with Crippen molar-refractivity contribution in [2.75, 3.05) is 18.1 Å². The Morgan fingerprint density at radius 3 is 2.56 bits per heavy atom. The Balaban J connectivity index is 2.32. The summed E-state index contributed by atoms with van der Waals surface area (Å²) in [5, 5.41) is 3.24. The Morgan fingerprint density at radius 2 is 2.00 bits per heavy atom. The quantitative estimate of drug-likeness (QED) is 0.850. The van der Waals surface area contributed by atoms with E-state index < -0.39 is 9.84 Å². The van der Waals surface area contributed by atoms with Crippen molar-refractivity contribution in [3.05, 3.63) is 18.2 Å². The summed E-state index contributed by atoms with van der Waals surface area (Å²) in [6.45, 7) is 7.04. The summed E-state index contributed by atoms with van der Waals surface area (Å²) in [4.78, 5) is 0.312. The Morgan fingerprint density at radius 1 is 1.33 bits per heavy atom. The lowest BCUT2D eigenvalue weighted by Crippen LogP contribution is -2.41. The van der Waals surface area contributed by atoms with Crippen molar-refractivity contribution in [3.63, 3.8) is 0 Å². The second kappa shape index (κ2) is 4.16. The minimum absolute atomic E-state index is 0.0419. The lowest BCUT2D eigenvalue weighted by atomic mass is 9.88. The van der Waals surface area contributed by atoms with Gasteiger partial charge in [0.25, 0.3) is 0 Å². The van der Waals surface area contributed by atoms with E-state index in [4.69, 9.17) is 4.74 Å². The number of ether oxygens (including phenoxy) is 1. The first-order valence-corrected chi connectivity index (χ1v) is 7.82. The number of sulfone groups is 1. The predicted octanol–water partition coefficient (Wildman–Crippen LogP) is 2.31. The molecule has 5 heteroatoms. The molecule has 1 N–H and O–H groups in total. The zero-order valence-electron chi connectivity index (χ0n) is 11.1. The number of anilines is 1. The summed E-state index contributed by atoms with van der Waals surface area (Å²) in [6, 6.07) is 4.93. The van der Waals surface area contributed by atoms with Crippen LogP contribution < -0.4 is 10.1 Å². The number of benzene rings is 1. The highest BCUT2D eigenvalue weighted by molar-refractivity contribution is 7.90. The van der Waals surface area contributed by atoms with Crippen molar-refractivity contribution in [3.8, 4) is 5.75 Å². The molecule has 18 heavy (non-hydrogen) atoms. The van der Waals surface area contributed by atoms with Gasteiger partial charge in [-0.25, -0.2) is 8.42 Å². The van der Waals surface area contributed by atoms with E-state index in [-0.39, 0.29) is 11.5 Å². The average molecular weight is 269 g/mol. The molecule has 0 bridgehead atoms. The highest BCUT2D eigenvalue weighted by atomic mass is 32.2. The zero-order valence-corrected chi connectivity index (χ0v) is 12.0. The number of rotatable bonds is 1. The van der Waals surface area contributed by atoms with Gasteiger partial charge in [0.2, 0.25) is 0 Å². The molecule has 1 aromatic carbocycles. The monoisotopic (exact) mass is 269 g/mol. The first kappa shape index (κ1) is 13.2. The fourth-order valence-corrected chi connectivity index (χ4v) is 2.51. The van der Waals surface area contributed by atoms with Crippen LogP contribution in [0.15, 0.2) is 23.1 Å². The molecule has 0 saturated carbocycles. The van der Waals surface area contributed by atoms with Gasteiger partial charge < -0.3 is 10.1 Å². The Hall–Kier alpha value is -1.23. The standard InChI is InChI=1S/C13H19NO3S/c1-13(2,3)12-8-14-10-7-9(18(4,15)16)5-6-11(10)17-12/h5-7,12,14H,8H2,1-4H3. The van der Waals surface area contributed by atoms with Gasteiger partial charge in [0.1, 0.15) is 11.9 Å². The van der Waals surface area contributed by atoms with E-state index >= 15 is 0 Å². The molecule has 1 heterocycles. The molecule has 100 valence electrons. The van der Waals surface area contributed by atoms with Crippen LogP contribution in [0.2, 0.25) is 0 Å². The van der Waals surface area contributed by atoms with Crippen LogP contribution in [-0.2, 0) is 9.84 Å². The fraction of sp³-hybridized carbons (Fsp3) is 0.538. The largest absolute Gasteiger partial charge is 0.486 e. The van der Waals surface area contributed by atoms with Crippen LogP contribution in [-0.4, -0.2) is 27.3 Å². The molecule has 1 aliphatic rings. The van der Waals surface area contributed by atoms with Gasteiger partial charge in [0, 0.05) is 11.7 Å². The molecule has 0 fully saturated rings. The van der Waals surface area contributed by atoms with Gasteiger partial charge in [-0.1, -0.05) is 20.8 Å². The van der Waals surface area contributed by atoms with Crippen molar-refractivity contribution < 1.29 is 13.2 Å². The van der Waals surface area contributed by atoms with Crippen molar-refractivity contribution >= 4 is 15.5 Å². The van der Waals surface area contributed by atoms with E-state index in [0.717, 1.165) is 5.69 Å². The van der Waals surface area contributed by atoms with E-state index in [1.54, 1.807) is 18.2 Å². The van der Waals surface area contributed by atoms with Crippen LogP contribution >= 0.6 is 0 Å². The van der Waals surface area contributed by atoms with Gasteiger partial charge >= 0.3 is 0 Å². The maximum Gasteiger partial charge on any atom is 0.175 e. The Bertz CT molecular complexity index is 558. The molecular formula is C13H19NO3S. The van der Waals surface area contributed by atoms with E-state index in [1.165, 1.54) is 6.26 Å². The first-order valence-electron chi connectivity index (χ1n) is 5.92. The lowest BCUT2D eigenvalue weighted by molar-refractivity contribution is 0.0921. The second-order valence-electron chi connectivity index (χ2n) is 5.78. The van der Waals surface area contributed by atoms with Crippen LogP contribution in [0.5, 0.6) is 5.75 Å². The van der Waals surface area contributed by atoms with E-state index in [2.05, 4.69) is 26.1 Å². The summed E-state index contributed by atoms with van der Waals surface area (Å²) < 4.78 is 28.9. The summed E-state index contributed by atoms with van der Waals surface area (Å²) >= 11 is 0. The van der Waals surface area contributed by atoms with Gasteiger partial charge in [0.05, 0.1) is 17.1 Å². The molecule has 1 atom stereocenters. The zero-order chi connectivity index (χ0) is 13.6. The van der Waals surface area contributed by atoms with Crippen LogP contribution in [0.25, 0.3) is 0 Å². The minimum Gasteiger partial charge on any atom is -0.486 e. The molecule has 0 amide bonds. The maximum absolute atomic E-state index is 11.5. The number of hydrogen-bond donors (Lipinski definition) is 1. The molecular weight excluding hydrogens is 250 g/mol. The van der Waals surface area contributed by atoms with E-state index in [1.807, 2.05) is 0 Å². The SMILES string of the molecule is CC(C)(C)C1CNc2cc(S(C)(=O)=O)ccc2O1. The number of hydrogen-bond acceptors (Lipinski definition) is 4. The lowest BCUT2D eigenvalue weighted by Gasteiger charge is -2.36. The van der Waals surface area contributed by atoms with E-state index in [9.17, 15) is 8.42 Å². The van der Waals surface area contributed by atoms with Crippen LogP contribution in [0, 0.1) is 5.41 Å². The minimum atomic E-state index is -3.17. The maximum atomic E-state index is 11.5. The highest BCUT2D eigenvalue weighted by Gasteiger charge is 2.30. The molecule has 0 radical (unpaired) electrons. The van der Waals surface area contributed by atoms with Gasteiger partial charge in [0.15, 0.2) is 9.84 Å². The molecule has 1 aromatic rings. The topological polar surface area (TPSA) is 55.4 Å². The summed E-state index contributed by atoms with van der Waals surface area (Å²) in [5.41, 5.74) is 0.790. The molecule has 0 aromatic heterocycles. The normalized spacial score (nSPS) is 19.7. The number of nitrogens with one attached hydrogen (secondary N) is 1. The van der Waals surface area contributed by atoms with Crippen molar-refractivity contribution in [1.82, 2.24) is 0 Å².